The van der Waals surface area contributed by atoms with Gasteiger partial charge in [0.05, 0.1) is 7.11 Å². The highest BCUT2D eigenvalue weighted by Crippen LogP contribution is 2.24. The van der Waals surface area contributed by atoms with Crippen LogP contribution in [0.1, 0.15) is 12.8 Å². The molecule has 1 aliphatic heterocycles. The maximum absolute atomic E-state index is 5.42. The first-order valence-corrected chi connectivity index (χ1v) is 8.86. The molecule has 0 atom stereocenters. The largest absolute Gasteiger partial charge is 0.497 e. The highest BCUT2D eigenvalue weighted by molar-refractivity contribution is 5.54. The van der Waals surface area contributed by atoms with Crippen molar-refractivity contribution in [1.29, 1.82) is 0 Å². The van der Waals surface area contributed by atoms with Crippen LogP contribution in [-0.4, -0.2) is 36.4 Å². The Hall–Kier alpha value is -3.02. The average molecular weight is 350 g/mol. The van der Waals surface area contributed by atoms with Crippen LogP contribution in [0.25, 0.3) is 11.5 Å². The first-order chi connectivity index (χ1) is 12.8. The molecule has 26 heavy (non-hydrogen) atoms. The van der Waals surface area contributed by atoms with Gasteiger partial charge in [-0.15, -0.1) is 0 Å². The Morgan fingerprint density at radius 3 is 2.65 bits per heavy atom. The van der Waals surface area contributed by atoms with Crippen molar-refractivity contribution in [3.05, 3.63) is 54.6 Å². The highest BCUT2D eigenvalue weighted by atomic mass is 16.5. The van der Waals surface area contributed by atoms with E-state index in [1.54, 1.807) is 7.11 Å². The molecule has 1 aliphatic rings. The van der Waals surface area contributed by atoms with Gasteiger partial charge in [-0.2, -0.15) is 4.98 Å². The molecular formula is C20H22N4O2. The Morgan fingerprint density at radius 1 is 1.08 bits per heavy atom. The maximum atomic E-state index is 5.42. The summed E-state index contributed by atoms with van der Waals surface area (Å²) in [4.78, 5) is 6.73. The molecule has 1 N–H and O–H groups in total. The molecule has 1 saturated heterocycles. The van der Waals surface area contributed by atoms with E-state index in [2.05, 4.69) is 26.4 Å². The molecule has 134 valence electrons. The number of piperidine rings is 1. The molecule has 0 saturated carbocycles. The number of hydrogen-bond acceptors (Lipinski definition) is 6. The zero-order chi connectivity index (χ0) is 17.8. The molecule has 4 rings (SSSR count). The van der Waals surface area contributed by atoms with Crippen LogP contribution < -0.4 is 15.0 Å². The van der Waals surface area contributed by atoms with E-state index in [0.717, 1.165) is 42.9 Å². The van der Waals surface area contributed by atoms with Crippen LogP contribution in [0, 0.1) is 0 Å². The van der Waals surface area contributed by atoms with Crippen molar-refractivity contribution in [3.63, 3.8) is 0 Å². The predicted molar refractivity (Wildman–Crippen MR) is 102 cm³/mol. The van der Waals surface area contributed by atoms with Crippen molar-refractivity contribution in [2.24, 2.45) is 0 Å². The van der Waals surface area contributed by atoms with Gasteiger partial charge in [0.25, 0.3) is 11.8 Å². The first-order valence-electron chi connectivity index (χ1n) is 8.86. The SMILES string of the molecule is COc1cccc(NC2CCN(c3noc(-c4ccccc4)n3)CC2)c1. The summed E-state index contributed by atoms with van der Waals surface area (Å²) in [5.41, 5.74) is 2.04. The van der Waals surface area contributed by atoms with Gasteiger partial charge in [-0.3, -0.25) is 0 Å². The van der Waals surface area contributed by atoms with Crippen LogP contribution in [0.5, 0.6) is 5.75 Å². The number of aromatic nitrogens is 2. The molecule has 0 radical (unpaired) electrons. The molecule has 1 fully saturated rings. The summed E-state index contributed by atoms with van der Waals surface area (Å²) in [6, 6.07) is 18.3. The molecule has 2 aromatic carbocycles. The van der Waals surface area contributed by atoms with E-state index in [9.17, 15) is 0 Å². The highest BCUT2D eigenvalue weighted by Gasteiger charge is 2.23. The van der Waals surface area contributed by atoms with Gasteiger partial charge in [0.15, 0.2) is 0 Å². The monoisotopic (exact) mass is 350 g/mol. The lowest BCUT2D eigenvalue weighted by Crippen LogP contribution is -2.39. The van der Waals surface area contributed by atoms with Crippen LogP contribution >= 0.6 is 0 Å². The molecule has 0 unspecified atom stereocenters. The molecule has 6 heteroatoms. The van der Waals surface area contributed by atoms with Gasteiger partial charge in [-0.05, 0) is 42.3 Å². The van der Waals surface area contributed by atoms with Crippen molar-refractivity contribution >= 4 is 11.6 Å². The van der Waals surface area contributed by atoms with Crippen LogP contribution in [0.4, 0.5) is 11.6 Å². The topological polar surface area (TPSA) is 63.4 Å². The van der Waals surface area contributed by atoms with Crippen LogP contribution in [0.2, 0.25) is 0 Å². The summed E-state index contributed by atoms with van der Waals surface area (Å²) in [5.74, 6) is 2.11. The van der Waals surface area contributed by atoms with Crippen molar-refractivity contribution in [2.75, 3.05) is 30.4 Å². The molecule has 0 spiro atoms. The zero-order valence-corrected chi connectivity index (χ0v) is 14.8. The lowest BCUT2D eigenvalue weighted by atomic mass is 10.0. The summed E-state index contributed by atoms with van der Waals surface area (Å²) in [5, 5.41) is 7.74. The van der Waals surface area contributed by atoms with Gasteiger partial charge in [-0.25, -0.2) is 0 Å². The molecular weight excluding hydrogens is 328 g/mol. The summed E-state index contributed by atoms with van der Waals surface area (Å²) < 4.78 is 10.7. The van der Waals surface area contributed by atoms with Gasteiger partial charge < -0.3 is 19.5 Å². The lowest BCUT2D eigenvalue weighted by molar-refractivity contribution is 0.414. The third-order valence-corrected chi connectivity index (χ3v) is 4.65. The fraction of sp³-hybridized carbons (Fsp3) is 0.300. The minimum Gasteiger partial charge on any atom is -0.497 e. The number of nitrogens with one attached hydrogen (secondary N) is 1. The summed E-state index contributed by atoms with van der Waals surface area (Å²) in [6.45, 7) is 1.80. The molecule has 0 amide bonds. The van der Waals surface area contributed by atoms with E-state index in [0.29, 0.717) is 17.9 Å². The van der Waals surface area contributed by atoms with Gasteiger partial charge in [0, 0.05) is 36.4 Å². The number of anilines is 2. The summed E-state index contributed by atoms with van der Waals surface area (Å²) in [7, 11) is 1.69. The van der Waals surface area contributed by atoms with E-state index in [1.165, 1.54) is 0 Å². The Bertz CT molecular complexity index is 842. The lowest BCUT2D eigenvalue weighted by Gasteiger charge is -2.31. The zero-order valence-electron chi connectivity index (χ0n) is 14.8. The fourth-order valence-corrected chi connectivity index (χ4v) is 3.21. The molecule has 3 aromatic rings. The Kier molecular flexibility index (Phi) is 4.73. The van der Waals surface area contributed by atoms with E-state index < -0.39 is 0 Å². The minimum atomic E-state index is 0.429. The molecule has 0 bridgehead atoms. The number of rotatable bonds is 5. The molecule has 2 heterocycles. The normalized spacial score (nSPS) is 15.0. The van der Waals surface area contributed by atoms with Crippen molar-refractivity contribution in [1.82, 2.24) is 10.1 Å². The third-order valence-electron chi connectivity index (χ3n) is 4.65. The Morgan fingerprint density at radius 2 is 1.88 bits per heavy atom. The fourth-order valence-electron chi connectivity index (χ4n) is 3.21. The first kappa shape index (κ1) is 16.4. The number of nitrogens with zero attached hydrogens (tertiary/aromatic N) is 3. The Balaban J connectivity index is 1.36. The van der Waals surface area contributed by atoms with Gasteiger partial charge >= 0.3 is 0 Å². The number of benzene rings is 2. The summed E-state index contributed by atoms with van der Waals surface area (Å²) in [6.07, 6.45) is 2.04. The van der Waals surface area contributed by atoms with Crippen molar-refractivity contribution in [3.8, 4) is 17.2 Å². The smallest absolute Gasteiger partial charge is 0.266 e. The second kappa shape index (κ2) is 7.47. The van der Waals surface area contributed by atoms with Crippen LogP contribution in [0.3, 0.4) is 0 Å². The van der Waals surface area contributed by atoms with E-state index in [-0.39, 0.29) is 0 Å². The van der Waals surface area contributed by atoms with Gasteiger partial charge in [0.1, 0.15) is 5.75 Å². The standard InChI is InChI=1S/C20H22N4O2/c1-25-18-9-5-8-17(14-18)21-16-10-12-24(13-11-16)20-22-19(26-23-20)15-6-3-2-4-7-15/h2-9,14,16,21H,10-13H2,1H3. The van der Waals surface area contributed by atoms with Gasteiger partial charge in [-0.1, -0.05) is 24.3 Å². The third kappa shape index (κ3) is 3.64. The quantitative estimate of drug-likeness (QED) is 0.755. The van der Waals surface area contributed by atoms with E-state index >= 15 is 0 Å². The average Bonchev–Trinajstić information content (AvgIpc) is 3.20. The second-order valence-corrected chi connectivity index (χ2v) is 6.40. The maximum Gasteiger partial charge on any atom is 0.266 e. The number of hydrogen-bond donors (Lipinski definition) is 1. The molecule has 0 aliphatic carbocycles. The van der Waals surface area contributed by atoms with Crippen LogP contribution in [0.15, 0.2) is 59.1 Å². The van der Waals surface area contributed by atoms with E-state index in [4.69, 9.17) is 9.26 Å². The van der Waals surface area contributed by atoms with Gasteiger partial charge in [0.2, 0.25) is 0 Å². The molecule has 6 nitrogen and oxygen atoms in total. The van der Waals surface area contributed by atoms with E-state index in [1.807, 2.05) is 48.5 Å². The minimum absolute atomic E-state index is 0.429. The van der Waals surface area contributed by atoms with Crippen molar-refractivity contribution < 1.29 is 9.26 Å². The number of methoxy groups -OCH3 is 1. The number of ether oxygens (including phenoxy) is 1. The van der Waals surface area contributed by atoms with Crippen LogP contribution in [-0.2, 0) is 0 Å². The second-order valence-electron chi connectivity index (χ2n) is 6.40. The van der Waals surface area contributed by atoms with Crippen molar-refractivity contribution in [2.45, 2.75) is 18.9 Å². The Labute approximate surface area is 152 Å². The summed E-state index contributed by atoms with van der Waals surface area (Å²) >= 11 is 0. The molecule has 1 aromatic heterocycles. The predicted octanol–water partition coefficient (Wildman–Crippen LogP) is 3.83.